The Kier molecular flexibility index (Phi) is 9.62. The number of carboxylic acids is 1. The predicted octanol–water partition coefficient (Wildman–Crippen LogP) is 5.64. The summed E-state index contributed by atoms with van der Waals surface area (Å²) in [6.07, 6.45) is 0.376. The molecule has 3 aromatic rings. The van der Waals surface area contributed by atoms with Crippen molar-refractivity contribution in [1.82, 2.24) is 5.32 Å². The molecule has 0 bridgehead atoms. The van der Waals surface area contributed by atoms with Crippen LogP contribution in [-0.4, -0.2) is 49.6 Å². The number of hydrogen-bond acceptors (Lipinski definition) is 6. The standard InChI is InChI=1S/C31H34N2O7/c1-21-7-3-13-28(22(21)2)38-17-18-39-31(37)33-16-6-11-26-25(10-5-12-27(26)33)24-9-4-8-23(19-24)20-40-30(36)32-15-14-29(34)35/h3-5,7-10,12-13,19H,6,11,14-18,20H2,1-2H3,(H,32,36)(H,34,35). The Hall–Kier alpha value is -4.53. The van der Waals surface area contributed by atoms with E-state index in [1.165, 1.54) is 0 Å². The molecular formula is C31H34N2O7. The minimum absolute atomic E-state index is 0.00269. The minimum Gasteiger partial charge on any atom is -0.490 e. The molecule has 2 N–H and O–H groups in total. The fourth-order valence-electron chi connectivity index (χ4n) is 4.62. The van der Waals surface area contributed by atoms with Gasteiger partial charge in [0.1, 0.15) is 25.6 Å². The molecule has 9 nitrogen and oxygen atoms in total. The smallest absolute Gasteiger partial charge is 0.414 e. The number of benzene rings is 3. The Bertz CT molecular complexity index is 1370. The highest BCUT2D eigenvalue weighted by molar-refractivity contribution is 5.91. The van der Waals surface area contributed by atoms with Crippen molar-refractivity contribution in [3.8, 4) is 16.9 Å². The number of aliphatic carboxylic acids is 1. The van der Waals surface area contributed by atoms with E-state index in [1.807, 2.05) is 74.5 Å². The van der Waals surface area contributed by atoms with E-state index < -0.39 is 18.2 Å². The summed E-state index contributed by atoms with van der Waals surface area (Å²) in [5.74, 6) is -0.205. The molecule has 0 atom stereocenters. The maximum absolute atomic E-state index is 13.0. The zero-order chi connectivity index (χ0) is 28.5. The number of anilines is 1. The van der Waals surface area contributed by atoms with Gasteiger partial charge in [0.15, 0.2) is 0 Å². The molecule has 0 saturated heterocycles. The molecule has 9 heteroatoms. The average molecular weight is 547 g/mol. The maximum Gasteiger partial charge on any atom is 0.414 e. The number of hydrogen-bond donors (Lipinski definition) is 2. The number of fused-ring (bicyclic) bond motifs is 1. The monoisotopic (exact) mass is 546 g/mol. The molecule has 210 valence electrons. The van der Waals surface area contributed by atoms with E-state index in [-0.39, 0.29) is 32.8 Å². The summed E-state index contributed by atoms with van der Waals surface area (Å²) in [5, 5.41) is 11.1. The lowest BCUT2D eigenvalue weighted by atomic mass is 9.91. The fourth-order valence-corrected chi connectivity index (χ4v) is 4.62. The van der Waals surface area contributed by atoms with E-state index in [0.29, 0.717) is 6.54 Å². The molecule has 2 amide bonds. The molecule has 1 aliphatic heterocycles. The first-order chi connectivity index (χ1) is 19.3. The molecule has 0 unspecified atom stereocenters. The molecule has 4 rings (SSSR count). The van der Waals surface area contributed by atoms with Crippen molar-refractivity contribution in [3.63, 3.8) is 0 Å². The number of carbonyl (C=O) groups is 3. The van der Waals surface area contributed by atoms with Gasteiger partial charge in [0.25, 0.3) is 0 Å². The lowest BCUT2D eigenvalue weighted by molar-refractivity contribution is -0.136. The Morgan fingerprint density at radius 1 is 0.975 bits per heavy atom. The number of amides is 2. The van der Waals surface area contributed by atoms with Crippen LogP contribution in [0.3, 0.4) is 0 Å². The molecule has 1 heterocycles. The molecule has 0 saturated carbocycles. The Balaban J connectivity index is 1.38. The van der Waals surface area contributed by atoms with E-state index in [1.54, 1.807) is 4.90 Å². The van der Waals surface area contributed by atoms with Crippen LogP contribution in [0.4, 0.5) is 15.3 Å². The summed E-state index contributed by atoms with van der Waals surface area (Å²) in [6, 6.07) is 19.4. The third kappa shape index (κ3) is 7.31. The second-order valence-electron chi connectivity index (χ2n) is 9.57. The number of carboxylic acid groups (broad SMARTS) is 1. The van der Waals surface area contributed by atoms with Gasteiger partial charge < -0.3 is 24.6 Å². The summed E-state index contributed by atoms with van der Waals surface area (Å²) in [5.41, 5.74) is 6.83. The number of aryl methyl sites for hydroxylation is 1. The molecule has 0 aromatic heterocycles. The van der Waals surface area contributed by atoms with Gasteiger partial charge in [-0.1, -0.05) is 42.5 Å². The van der Waals surface area contributed by atoms with Crippen LogP contribution in [0.25, 0.3) is 11.1 Å². The van der Waals surface area contributed by atoms with Gasteiger partial charge >= 0.3 is 18.2 Å². The number of ether oxygens (including phenoxy) is 3. The normalized spacial score (nSPS) is 12.3. The van der Waals surface area contributed by atoms with Crippen molar-refractivity contribution >= 4 is 23.8 Å². The van der Waals surface area contributed by atoms with Crippen molar-refractivity contribution in [2.45, 2.75) is 39.7 Å². The lowest BCUT2D eigenvalue weighted by Crippen LogP contribution is -2.36. The van der Waals surface area contributed by atoms with Crippen LogP contribution in [0.15, 0.2) is 60.7 Å². The SMILES string of the molecule is Cc1cccc(OCCOC(=O)N2CCCc3c(-c4cccc(COC(=O)NCCC(=O)O)c4)cccc32)c1C. The van der Waals surface area contributed by atoms with Gasteiger partial charge in [-0.2, -0.15) is 0 Å². The zero-order valence-electron chi connectivity index (χ0n) is 22.8. The van der Waals surface area contributed by atoms with Gasteiger partial charge in [-0.15, -0.1) is 0 Å². The highest BCUT2D eigenvalue weighted by Gasteiger charge is 2.26. The van der Waals surface area contributed by atoms with Crippen molar-refractivity contribution in [1.29, 1.82) is 0 Å². The topological polar surface area (TPSA) is 114 Å². The third-order valence-corrected chi connectivity index (χ3v) is 6.81. The zero-order valence-corrected chi connectivity index (χ0v) is 22.8. The summed E-state index contributed by atoms with van der Waals surface area (Å²) in [4.78, 5) is 37.1. The Morgan fingerprint density at radius 3 is 2.60 bits per heavy atom. The number of carbonyl (C=O) groups excluding carboxylic acids is 2. The first-order valence-electron chi connectivity index (χ1n) is 13.3. The van der Waals surface area contributed by atoms with E-state index in [2.05, 4.69) is 5.32 Å². The number of rotatable bonds is 10. The van der Waals surface area contributed by atoms with Crippen LogP contribution in [0.2, 0.25) is 0 Å². The minimum atomic E-state index is -0.992. The van der Waals surface area contributed by atoms with Crippen molar-refractivity contribution < 1.29 is 33.7 Å². The summed E-state index contributed by atoms with van der Waals surface area (Å²) >= 11 is 0. The van der Waals surface area contributed by atoms with Crippen molar-refractivity contribution in [3.05, 3.63) is 82.9 Å². The van der Waals surface area contributed by atoms with Crippen LogP contribution in [0.5, 0.6) is 5.75 Å². The molecule has 1 aliphatic rings. The molecule has 3 aromatic carbocycles. The number of alkyl carbamates (subject to hydrolysis) is 1. The summed E-state index contributed by atoms with van der Waals surface area (Å²) in [6.45, 7) is 5.06. The van der Waals surface area contributed by atoms with Crippen molar-refractivity contribution in [2.24, 2.45) is 0 Å². The van der Waals surface area contributed by atoms with Crippen molar-refractivity contribution in [2.75, 3.05) is 31.2 Å². The predicted molar refractivity (Wildman–Crippen MR) is 151 cm³/mol. The summed E-state index contributed by atoms with van der Waals surface area (Å²) < 4.78 is 16.6. The van der Waals surface area contributed by atoms with Crippen LogP contribution in [-0.2, 0) is 27.3 Å². The largest absolute Gasteiger partial charge is 0.490 e. The molecule has 0 fully saturated rings. The lowest BCUT2D eigenvalue weighted by Gasteiger charge is -2.30. The number of nitrogens with zero attached hydrogens (tertiary/aromatic N) is 1. The first kappa shape index (κ1) is 28.5. The van der Waals surface area contributed by atoms with Crippen LogP contribution in [0, 0.1) is 13.8 Å². The van der Waals surface area contributed by atoms with Gasteiger partial charge in [0.05, 0.1) is 12.1 Å². The van der Waals surface area contributed by atoms with E-state index in [9.17, 15) is 14.4 Å². The van der Waals surface area contributed by atoms with Gasteiger partial charge in [0, 0.05) is 13.1 Å². The summed E-state index contributed by atoms with van der Waals surface area (Å²) in [7, 11) is 0. The first-order valence-corrected chi connectivity index (χ1v) is 13.3. The second-order valence-corrected chi connectivity index (χ2v) is 9.57. The van der Waals surface area contributed by atoms with Gasteiger partial charge in [-0.25, -0.2) is 9.59 Å². The van der Waals surface area contributed by atoms with E-state index in [0.717, 1.165) is 57.7 Å². The van der Waals surface area contributed by atoms with Crippen LogP contribution < -0.4 is 15.0 Å². The van der Waals surface area contributed by atoms with Gasteiger partial charge in [0.2, 0.25) is 0 Å². The van der Waals surface area contributed by atoms with Gasteiger partial charge in [-0.3, -0.25) is 9.69 Å². The highest BCUT2D eigenvalue weighted by Crippen LogP contribution is 2.36. The third-order valence-electron chi connectivity index (χ3n) is 6.81. The quantitative estimate of drug-likeness (QED) is 0.316. The number of nitrogens with one attached hydrogen (secondary N) is 1. The van der Waals surface area contributed by atoms with Crippen LogP contribution in [0.1, 0.15) is 35.1 Å². The second kappa shape index (κ2) is 13.5. The average Bonchev–Trinajstić information content (AvgIpc) is 2.95. The fraction of sp³-hybridized carbons (Fsp3) is 0.323. The Morgan fingerprint density at radius 2 is 1.77 bits per heavy atom. The molecular weight excluding hydrogens is 512 g/mol. The molecule has 0 radical (unpaired) electrons. The van der Waals surface area contributed by atoms with E-state index >= 15 is 0 Å². The highest BCUT2D eigenvalue weighted by atomic mass is 16.6. The van der Waals surface area contributed by atoms with Gasteiger partial charge in [-0.05, 0) is 78.3 Å². The molecule has 0 spiro atoms. The maximum atomic E-state index is 13.0. The molecule has 40 heavy (non-hydrogen) atoms. The van der Waals surface area contributed by atoms with Crippen LogP contribution >= 0.6 is 0 Å². The molecule has 0 aliphatic carbocycles. The Labute approximate surface area is 233 Å². The van der Waals surface area contributed by atoms with E-state index in [4.69, 9.17) is 19.3 Å².